The van der Waals surface area contributed by atoms with Gasteiger partial charge >= 0.3 is 12.2 Å². The van der Waals surface area contributed by atoms with Gasteiger partial charge in [0, 0.05) is 13.0 Å². The zero-order chi connectivity index (χ0) is 17.7. The number of hydrogen-bond donors (Lipinski definition) is 2. The molecule has 0 spiro atoms. The summed E-state index contributed by atoms with van der Waals surface area (Å²) < 4.78 is 43.6. The zero-order valence-electron chi connectivity index (χ0n) is 13.1. The quantitative estimate of drug-likeness (QED) is 0.876. The molecular weight excluding hydrogens is 325 g/mol. The molecule has 1 aromatic carbocycles. The summed E-state index contributed by atoms with van der Waals surface area (Å²) in [7, 11) is 0. The number of carbonyl (C=O) groups is 1. The van der Waals surface area contributed by atoms with Crippen LogP contribution in [-0.2, 0) is 19.1 Å². The lowest BCUT2D eigenvalue weighted by Crippen LogP contribution is -2.41. The third-order valence-electron chi connectivity index (χ3n) is 3.20. The van der Waals surface area contributed by atoms with Gasteiger partial charge in [-0.15, -0.1) is 0 Å². The minimum absolute atomic E-state index is 0.0599. The molecule has 1 heterocycles. The van der Waals surface area contributed by atoms with Crippen LogP contribution in [0, 0.1) is 6.92 Å². The Hall–Kier alpha value is -2.58. The Balaban J connectivity index is 1.89. The van der Waals surface area contributed by atoms with Crippen molar-refractivity contribution in [3.8, 4) is 0 Å². The second kappa shape index (κ2) is 7.33. The molecule has 130 valence electrons. The molecule has 6 nitrogen and oxygen atoms in total. The molecule has 24 heavy (non-hydrogen) atoms. The van der Waals surface area contributed by atoms with E-state index in [1.165, 1.54) is 18.2 Å². The van der Waals surface area contributed by atoms with Crippen molar-refractivity contribution in [3.63, 3.8) is 0 Å². The fraction of sp³-hybridized carbons (Fsp3) is 0.400. The average molecular weight is 342 g/mol. The van der Waals surface area contributed by atoms with Crippen molar-refractivity contribution in [2.75, 3.05) is 0 Å². The van der Waals surface area contributed by atoms with E-state index in [4.69, 9.17) is 4.52 Å². The molecule has 2 N–H and O–H groups in total. The maximum Gasteiger partial charge on any atom is 0.416 e. The number of halogens is 3. The van der Waals surface area contributed by atoms with E-state index in [2.05, 4.69) is 20.8 Å². The van der Waals surface area contributed by atoms with Crippen molar-refractivity contribution >= 4 is 6.03 Å². The molecule has 0 fully saturated rings. The van der Waals surface area contributed by atoms with E-state index in [9.17, 15) is 18.0 Å². The van der Waals surface area contributed by atoms with E-state index in [-0.39, 0.29) is 18.5 Å². The van der Waals surface area contributed by atoms with E-state index in [0.717, 1.165) is 6.07 Å². The van der Waals surface area contributed by atoms with Crippen LogP contribution in [0.3, 0.4) is 0 Å². The minimum atomic E-state index is -4.42. The summed E-state index contributed by atoms with van der Waals surface area (Å²) in [5.74, 6) is 0.696. The highest BCUT2D eigenvalue weighted by molar-refractivity contribution is 5.74. The largest absolute Gasteiger partial charge is 0.416 e. The van der Waals surface area contributed by atoms with E-state index in [1.807, 2.05) is 0 Å². The number of amides is 2. The third kappa shape index (κ3) is 4.97. The highest BCUT2D eigenvalue weighted by atomic mass is 19.4. The second-order valence-electron chi connectivity index (χ2n) is 5.32. The Bertz CT molecular complexity index is 700. The van der Waals surface area contributed by atoms with Gasteiger partial charge in [0.15, 0.2) is 5.82 Å². The molecule has 9 heteroatoms. The lowest BCUT2D eigenvalue weighted by atomic mass is 10.0. The van der Waals surface area contributed by atoms with Gasteiger partial charge in [-0.2, -0.15) is 18.2 Å². The fourth-order valence-electron chi connectivity index (χ4n) is 2.20. The number of alkyl halides is 3. The zero-order valence-corrected chi connectivity index (χ0v) is 13.1. The molecular formula is C15H17F3N4O2. The molecule has 0 bridgehead atoms. The van der Waals surface area contributed by atoms with Crippen molar-refractivity contribution in [1.29, 1.82) is 0 Å². The highest BCUT2D eigenvalue weighted by Gasteiger charge is 2.33. The molecule has 2 rings (SSSR count). The van der Waals surface area contributed by atoms with Gasteiger partial charge in [0.2, 0.25) is 5.89 Å². The van der Waals surface area contributed by atoms with Gasteiger partial charge in [0.25, 0.3) is 0 Å². The van der Waals surface area contributed by atoms with Crippen molar-refractivity contribution in [3.05, 3.63) is 47.1 Å². The van der Waals surface area contributed by atoms with Crippen LogP contribution in [0.2, 0.25) is 0 Å². The van der Waals surface area contributed by atoms with Gasteiger partial charge in [-0.25, -0.2) is 4.79 Å². The second-order valence-corrected chi connectivity index (χ2v) is 5.32. The summed E-state index contributed by atoms with van der Waals surface area (Å²) in [6, 6.07) is 4.30. The van der Waals surface area contributed by atoms with Crippen LogP contribution in [0.15, 0.2) is 28.8 Å². The molecule has 0 aliphatic carbocycles. The first-order valence-corrected chi connectivity index (χ1v) is 7.24. The summed E-state index contributed by atoms with van der Waals surface area (Å²) in [6.45, 7) is 3.32. The molecule has 1 unspecified atom stereocenters. The molecule has 2 aromatic rings. The molecule has 2 amide bonds. The average Bonchev–Trinajstić information content (AvgIpc) is 2.90. The van der Waals surface area contributed by atoms with Crippen molar-refractivity contribution in [2.45, 2.75) is 39.0 Å². The molecule has 0 aliphatic rings. The van der Waals surface area contributed by atoms with Crippen LogP contribution < -0.4 is 10.6 Å². The highest BCUT2D eigenvalue weighted by Crippen LogP contribution is 2.32. The van der Waals surface area contributed by atoms with Gasteiger partial charge in [-0.05, 0) is 25.0 Å². The smallest absolute Gasteiger partial charge is 0.340 e. The number of rotatable bonds is 5. The number of carbonyl (C=O) groups excluding carboxylic acids is 1. The topological polar surface area (TPSA) is 80.0 Å². The lowest BCUT2D eigenvalue weighted by molar-refractivity contribution is -0.138. The number of nitrogens with one attached hydrogen (secondary N) is 2. The van der Waals surface area contributed by atoms with Gasteiger partial charge in [-0.3, -0.25) is 0 Å². The number of hydrogen-bond acceptors (Lipinski definition) is 4. The van der Waals surface area contributed by atoms with Crippen LogP contribution in [0.25, 0.3) is 0 Å². The monoisotopic (exact) mass is 342 g/mol. The first kappa shape index (κ1) is 17.8. The Morgan fingerprint density at radius 1 is 1.33 bits per heavy atom. The normalized spacial score (nSPS) is 12.7. The first-order valence-electron chi connectivity index (χ1n) is 7.24. The summed E-state index contributed by atoms with van der Waals surface area (Å²) in [5.41, 5.74) is -0.562. The fourth-order valence-corrected chi connectivity index (χ4v) is 2.20. The van der Waals surface area contributed by atoms with Gasteiger partial charge in [0.05, 0.1) is 12.1 Å². The SMILES string of the molecule is Cc1nc(CNC(=O)NC(C)Cc2ccccc2C(F)(F)F)no1. The molecule has 0 saturated heterocycles. The Kier molecular flexibility index (Phi) is 5.42. The standard InChI is InChI=1S/C15H17F3N4O2/c1-9(7-11-5-3-4-6-12(11)15(16,17)18)20-14(23)19-8-13-21-10(2)24-22-13/h3-6,9H,7-8H2,1-2H3,(H2,19,20,23). The number of aryl methyl sites for hydroxylation is 1. The maximum atomic E-state index is 12.9. The van der Waals surface area contributed by atoms with Crippen LogP contribution in [-0.4, -0.2) is 22.2 Å². The predicted molar refractivity (Wildman–Crippen MR) is 79.0 cm³/mol. The third-order valence-corrected chi connectivity index (χ3v) is 3.20. The predicted octanol–water partition coefficient (Wildman–Crippen LogP) is 2.83. The van der Waals surface area contributed by atoms with Crippen LogP contribution in [0.4, 0.5) is 18.0 Å². The molecule has 1 atom stereocenters. The van der Waals surface area contributed by atoms with Crippen LogP contribution >= 0.6 is 0 Å². The Morgan fingerprint density at radius 3 is 2.67 bits per heavy atom. The molecule has 1 aromatic heterocycles. The number of urea groups is 1. The van der Waals surface area contributed by atoms with Crippen molar-refractivity contribution in [1.82, 2.24) is 20.8 Å². The summed E-state index contributed by atoms with van der Waals surface area (Å²) in [5, 5.41) is 8.72. The molecule has 0 aliphatic heterocycles. The summed E-state index contributed by atoms with van der Waals surface area (Å²) in [6.07, 6.45) is -4.36. The van der Waals surface area contributed by atoms with Gasteiger partial charge in [-0.1, -0.05) is 23.4 Å². The molecule has 0 radical (unpaired) electrons. The van der Waals surface area contributed by atoms with E-state index in [0.29, 0.717) is 11.7 Å². The van der Waals surface area contributed by atoms with Crippen molar-refractivity contribution in [2.24, 2.45) is 0 Å². The first-order chi connectivity index (χ1) is 11.3. The molecule has 0 saturated carbocycles. The van der Waals surface area contributed by atoms with Crippen LogP contribution in [0.5, 0.6) is 0 Å². The van der Waals surface area contributed by atoms with E-state index < -0.39 is 23.8 Å². The number of aromatic nitrogens is 2. The minimum Gasteiger partial charge on any atom is -0.340 e. The Labute approximate surface area is 136 Å². The number of nitrogens with zero attached hydrogens (tertiary/aromatic N) is 2. The summed E-state index contributed by atoms with van der Waals surface area (Å²) >= 11 is 0. The van der Waals surface area contributed by atoms with Crippen LogP contribution in [0.1, 0.15) is 29.8 Å². The summed E-state index contributed by atoms with van der Waals surface area (Å²) in [4.78, 5) is 15.7. The van der Waals surface area contributed by atoms with Gasteiger partial charge < -0.3 is 15.2 Å². The van der Waals surface area contributed by atoms with E-state index >= 15 is 0 Å². The van der Waals surface area contributed by atoms with Gasteiger partial charge in [0.1, 0.15) is 0 Å². The Morgan fingerprint density at radius 2 is 2.04 bits per heavy atom. The maximum absolute atomic E-state index is 12.9. The van der Waals surface area contributed by atoms with Crippen molar-refractivity contribution < 1.29 is 22.5 Å². The number of benzene rings is 1. The lowest BCUT2D eigenvalue weighted by Gasteiger charge is -2.17. The van der Waals surface area contributed by atoms with E-state index in [1.54, 1.807) is 13.8 Å².